The molecule has 5 heterocycles. The van der Waals surface area contributed by atoms with Crippen LogP contribution in [0.3, 0.4) is 0 Å². The minimum Gasteiger partial charge on any atom is -0.481 e. The van der Waals surface area contributed by atoms with Crippen molar-refractivity contribution < 1.29 is 13.9 Å². The molecule has 1 amide bonds. The zero-order valence-corrected chi connectivity index (χ0v) is 19.6. The Morgan fingerprint density at radius 1 is 1.26 bits per heavy atom. The summed E-state index contributed by atoms with van der Waals surface area (Å²) in [5.74, 6) is -0.00846. The smallest absolute Gasteiger partial charge is 0.230 e. The van der Waals surface area contributed by atoms with Crippen LogP contribution in [-0.2, 0) is 11.2 Å². The third-order valence-corrected chi connectivity index (χ3v) is 7.11. The van der Waals surface area contributed by atoms with Gasteiger partial charge in [-0.15, -0.1) is 0 Å². The largest absolute Gasteiger partial charge is 0.481 e. The lowest BCUT2D eigenvalue weighted by Gasteiger charge is -2.36. The lowest BCUT2D eigenvalue weighted by atomic mass is 9.86. The number of amides is 1. The van der Waals surface area contributed by atoms with Gasteiger partial charge < -0.3 is 15.0 Å². The van der Waals surface area contributed by atoms with Crippen LogP contribution in [0.5, 0.6) is 5.88 Å². The van der Waals surface area contributed by atoms with Crippen LogP contribution in [0, 0.1) is 12.7 Å². The van der Waals surface area contributed by atoms with E-state index < -0.39 is 11.7 Å². The fourth-order valence-electron chi connectivity index (χ4n) is 5.11. The molecule has 0 aromatic carbocycles. The first-order valence-corrected chi connectivity index (χ1v) is 11.6. The van der Waals surface area contributed by atoms with E-state index in [9.17, 15) is 9.18 Å². The molecule has 8 heteroatoms. The molecule has 5 rings (SSSR count). The maximum atomic E-state index is 14.4. The molecule has 3 aromatic heterocycles. The Labute approximate surface area is 198 Å². The third-order valence-electron chi connectivity index (χ3n) is 7.11. The van der Waals surface area contributed by atoms with Crippen LogP contribution < -0.4 is 10.1 Å². The van der Waals surface area contributed by atoms with E-state index in [1.54, 1.807) is 19.3 Å². The van der Waals surface area contributed by atoms with Crippen molar-refractivity contribution in [2.75, 3.05) is 25.5 Å². The fraction of sp³-hybridized carbons (Fsp3) is 0.385. The van der Waals surface area contributed by atoms with Gasteiger partial charge in [0.1, 0.15) is 11.6 Å². The van der Waals surface area contributed by atoms with Crippen molar-refractivity contribution in [3.8, 4) is 17.0 Å². The molecule has 2 aliphatic heterocycles. The van der Waals surface area contributed by atoms with Crippen LogP contribution >= 0.6 is 0 Å². The van der Waals surface area contributed by atoms with Crippen molar-refractivity contribution in [3.63, 3.8) is 0 Å². The molecular weight excluding hydrogens is 433 g/mol. The molecule has 176 valence electrons. The highest BCUT2D eigenvalue weighted by atomic mass is 19.1. The number of methoxy groups -OCH3 is 1. The number of nitrogens with zero attached hydrogens (tertiary/aromatic N) is 4. The number of hydrogen-bond donors (Lipinski definition) is 1. The number of hydrogen-bond acceptors (Lipinski definition) is 6. The predicted molar refractivity (Wildman–Crippen MR) is 127 cm³/mol. The number of carbonyl (C=O) groups excluding carboxylic acids is 1. The molecule has 1 spiro atoms. The van der Waals surface area contributed by atoms with Gasteiger partial charge in [0.05, 0.1) is 24.8 Å². The number of nitrogens with one attached hydrogen (secondary N) is 1. The number of aromatic nitrogens is 3. The Bertz CT molecular complexity index is 1240. The van der Waals surface area contributed by atoms with Crippen LogP contribution in [0.15, 0.2) is 42.9 Å². The van der Waals surface area contributed by atoms with Crippen LogP contribution in [0.4, 0.5) is 10.2 Å². The molecule has 1 N–H and O–H groups in total. The Balaban J connectivity index is 1.33. The SMILES string of the molecule is COc1cc([C@@H](C)C(=O)N2CC[C@@]3(CCc4cc(-c5ccncc5)c(C)nc4N3)C2)c(F)cn1. The van der Waals surface area contributed by atoms with E-state index in [4.69, 9.17) is 9.72 Å². The molecule has 1 saturated heterocycles. The van der Waals surface area contributed by atoms with Gasteiger partial charge in [-0.25, -0.2) is 14.4 Å². The number of fused-ring (bicyclic) bond motifs is 1. The summed E-state index contributed by atoms with van der Waals surface area (Å²) in [6.45, 7) is 4.96. The van der Waals surface area contributed by atoms with E-state index in [2.05, 4.69) is 21.4 Å². The van der Waals surface area contributed by atoms with Crippen molar-refractivity contribution in [1.29, 1.82) is 0 Å². The summed E-state index contributed by atoms with van der Waals surface area (Å²) in [4.78, 5) is 28.0. The third kappa shape index (κ3) is 3.97. The zero-order chi connectivity index (χ0) is 23.9. The van der Waals surface area contributed by atoms with Gasteiger partial charge in [-0.2, -0.15) is 0 Å². The highest BCUT2D eigenvalue weighted by Crippen LogP contribution is 2.39. The van der Waals surface area contributed by atoms with Gasteiger partial charge in [0.25, 0.3) is 0 Å². The van der Waals surface area contributed by atoms with Crippen LogP contribution in [0.2, 0.25) is 0 Å². The normalized spacial score (nSPS) is 20.1. The molecule has 34 heavy (non-hydrogen) atoms. The quantitative estimate of drug-likeness (QED) is 0.629. The second kappa shape index (κ2) is 8.66. The van der Waals surface area contributed by atoms with E-state index in [1.807, 2.05) is 24.0 Å². The summed E-state index contributed by atoms with van der Waals surface area (Å²) < 4.78 is 19.5. The van der Waals surface area contributed by atoms with E-state index in [0.717, 1.165) is 48.1 Å². The molecule has 0 unspecified atom stereocenters. The van der Waals surface area contributed by atoms with Crippen molar-refractivity contribution >= 4 is 11.7 Å². The topological polar surface area (TPSA) is 80.2 Å². The van der Waals surface area contributed by atoms with Gasteiger partial charge >= 0.3 is 0 Å². The van der Waals surface area contributed by atoms with Crippen molar-refractivity contribution in [2.24, 2.45) is 0 Å². The monoisotopic (exact) mass is 461 g/mol. The number of aryl methyl sites for hydroxylation is 2. The number of pyridine rings is 3. The summed E-state index contributed by atoms with van der Waals surface area (Å²) in [6, 6.07) is 7.71. The molecule has 0 aliphatic carbocycles. The summed E-state index contributed by atoms with van der Waals surface area (Å²) in [7, 11) is 1.48. The predicted octanol–water partition coefficient (Wildman–Crippen LogP) is 4.13. The molecule has 0 radical (unpaired) electrons. The van der Waals surface area contributed by atoms with Crippen molar-refractivity contribution in [2.45, 2.75) is 44.6 Å². The molecule has 0 saturated carbocycles. The Kier molecular flexibility index (Phi) is 5.67. The van der Waals surface area contributed by atoms with Gasteiger partial charge in [-0.1, -0.05) is 0 Å². The fourth-order valence-corrected chi connectivity index (χ4v) is 5.11. The van der Waals surface area contributed by atoms with E-state index in [1.165, 1.54) is 18.7 Å². The first kappa shape index (κ1) is 22.3. The van der Waals surface area contributed by atoms with E-state index in [-0.39, 0.29) is 11.4 Å². The van der Waals surface area contributed by atoms with Gasteiger partial charge in [-0.05, 0) is 62.4 Å². The average molecular weight is 462 g/mol. The van der Waals surface area contributed by atoms with E-state index >= 15 is 0 Å². The number of anilines is 1. The standard InChI is InChI=1S/C26H28FN5O2/c1-16(20-13-23(34-3)29-14-22(20)27)25(33)32-11-8-26(15-32)7-4-19-12-21(17(2)30-24(19)31-26)18-5-9-28-10-6-18/h5-6,9-10,12-14,16H,4,7-8,11,15H2,1-3H3,(H,30,31)/t16-,26+/m1/s1. The number of ether oxygens (including phenoxy) is 1. The highest BCUT2D eigenvalue weighted by Gasteiger charge is 2.43. The molecule has 7 nitrogen and oxygen atoms in total. The molecule has 0 bridgehead atoms. The van der Waals surface area contributed by atoms with Gasteiger partial charge in [0.15, 0.2) is 0 Å². The van der Waals surface area contributed by atoms with E-state index in [0.29, 0.717) is 24.5 Å². The lowest BCUT2D eigenvalue weighted by molar-refractivity contribution is -0.131. The lowest BCUT2D eigenvalue weighted by Crippen LogP contribution is -2.46. The summed E-state index contributed by atoms with van der Waals surface area (Å²) >= 11 is 0. The average Bonchev–Trinajstić information content (AvgIpc) is 3.26. The Morgan fingerprint density at radius 2 is 2.06 bits per heavy atom. The summed E-state index contributed by atoms with van der Waals surface area (Å²) in [6.07, 6.45) is 7.33. The van der Waals surface area contributed by atoms with Crippen molar-refractivity contribution in [1.82, 2.24) is 19.9 Å². The number of likely N-dealkylation sites (tertiary alicyclic amines) is 1. The zero-order valence-electron chi connectivity index (χ0n) is 19.6. The number of halogens is 1. The summed E-state index contributed by atoms with van der Waals surface area (Å²) in [5.41, 5.74) is 4.46. The maximum Gasteiger partial charge on any atom is 0.230 e. The van der Waals surface area contributed by atoms with Crippen LogP contribution in [0.1, 0.15) is 42.5 Å². The van der Waals surface area contributed by atoms with Crippen LogP contribution in [-0.4, -0.2) is 51.5 Å². The summed E-state index contributed by atoms with van der Waals surface area (Å²) in [5, 5.41) is 3.66. The second-order valence-corrected chi connectivity index (χ2v) is 9.25. The Hall–Kier alpha value is -3.55. The molecule has 2 atom stereocenters. The van der Waals surface area contributed by atoms with Gasteiger partial charge in [-0.3, -0.25) is 9.78 Å². The minimum absolute atomic E-state index is 0.0891. The minimum atomic E-state index is -0.619. The first-order valence-electron chi connectivity index (χ1n) is 11.6. The molecular formula is C26H28FN5O2. The van der Waals surface area contributed by atoms with Crippen molar-refractivity contribution in [3.05, 3.63) is 65.5 Å². The highest BCUT2D eigenvalue weighted by molar-refractivity contribution is 5.84. The molecule has 1 fully saturated rings. The molecule has 2 aliphatic rings. The molecule has 3 aromatic rings. The number of rotatable bonds is 4. The van der Waals surface area contributed by atoms with Gasteiger partial charge in [0, 0.05) is 48.4 Å². The van der Waals surface area contributed by atoms with Crippen LogP contribution in [0.25, 0.3) is 11.1 Å². The Morgan fingerprint density at radius 3 is 2.82 bits per heavy atom. The number of carbonyl (C=O) groups is 1. The van der Waals surface area contributed by atoms with Gasteiger partial charge in [0.2, 0.25) is 11.8 Å². The maximum absolute atomic E-state index is 14.4. The second-order valence-electron chi connectivity index (χ2n) is 9.25. The first-order chi connectivity index (χ1) is 16.4.